The number of carbonyl (C=O) groups is 2. The Kier molecular flexibility index (Phi) is 4.69. The minimum Gasteiger partial charge on any atom is -0.478 e. The first-order valence-electron chi connectivity index (χ1n) is 8.18. The minimum atomic E-state index is -1.15. The van der Waals surface area contributed by atoms with Crippen LogP contribution in [-0.2, 0) is 11.3 Å². The van der Waals surface area contributed by atoms with Crippen LogP contribution < -0.4 is 14.9 Å². The molecular formula is C19H11ClN2O6S. The predicted molar refractivity (Wildman–Crippen MR) is 105 cm³/mol. The molecule has 8 nitrogen and oxygen atoms in total. The Labute approximate surface area is 170 Å². The topological polar surface area (TPSA) is 122 Å². The van der Waals surface area contributed by atoms with Gasteiger partial charge in [-0.3, -0.25) is 9.36 Å². The number of halogens is 1. The maximum Gasteiger partial charge on any atom is 0.337 e. The van der Waals surface area contributed by atoms with Gasteiger partial charge in [0.1, 0.15) is 11.5 Å². The lowest BCUT2D eigenvalue weighted by atomic mass is 10.1. The van der Waals surface area contributed by atoms with Crippen molar-refractivity contribution in [2.24, 2.45) is 4.99 Å². The molecule has 3 aromatic rings. The molecule has 0 fully saturated rings. The van der Waals surface area contributed by atoms with Crippen molar-refractivity contribution in [3.05, 3.63) is 78.1 Å². The highest BCUT2D eigenvalue weighted by molar-refractivity contribution is 7.07. The summed E-state index contributed by atoms with van der Waals surface area (Å²) in [7, 11) is 0. The summed E-state index contributed by atoms with van der Waals surface area (Å²) in [5.74, 6) is -1.47. The zero-order valence-electron chi connectivity index (χ0n) is 14.5. The summed E-state index contributed by atoms with van der Waals surface area (Å²) in [4.78, 5) is 39.3. The second-order valence-corrected chi connectivity index (χ2v) is 7.49. The Morgan fingerprint density at radius 2 is 2.00 bits per heavy atom. The predicted octanol–water partition coefficient (Wildman–Crippen LogP) is 1.95. The fourth-order valence-electron chi connectivity index (χ4n) is 2.77. The number of aromatic carboxylic acids is 1. The van der Waals surface area contributed by atoms with Crippen LogP contribution in [-0.4, -0.2) is 26.7 Å². The van der Waals surface area contributed by atoms with Crippen molar-refractivity contribution in [1.29, 1.82) is 0 Å². The Balaban J connectivity index is 1.71. The number of aliphatic carboxylic acids is 1. The average molecular weight is 431 g/mol. The maximum absolute atomic E-state index is 12.6. The number of fused-ring (bicyclic) bond motifs is 1. The lowest BCUT2D eigenvalue weighted by molar-refractivity contribution is -0.132. The van der Waals surface area contributed by atoms with E-state index in [4.69, 9.17) is 21.1 Å². The van der Waals surface area contributed by atoms with Crippen LogP contribution in [0.3, 0.4) is 0 Å². The number of carboxylic acid groups (broad SMARTS) is 2. The molecule has 0 amide bonds. The number of carboxylic acids is 2. The first-order valence-corrected chi connectivity index (χ1v) is 9.37. The zero-order valence-corrected chi connectivity index (χ0v) is 16.0. The fraction of sp³-hybridized carbons (Fsp3) is 0.0526. The van der Waals surface area contributed by atoms with Crippen molar-refractivity contribution < 1.29 is 24.2 Å². The molecule has 0 unspecified atom stereocenters. The smallest absolute Gasteiger partial charge is 0.337 e. The fourth-order valence-corrected chi connectivity index (χ4v) is 3.90. The van der Waals surface area contributed by atoms with Gasteiger partial charge in [0.05, 0.1) is 27.2 Å². The van der Waals surface area contributed by atoms with Crippen LogP contribution in [0.1, 0.15) is 16.1 Å². The maximum atomic E-state index is 12.6. The number of thiazole rings is 1. The molecular weight excluding hydrogens is 420 g/mol. The van der Waals surface area contributed by atoms with Gasteiger partial charge < -0.3 is 14.6 Å². The molecule has 1 aromatic carbocycles. The van der Waals surface area contributed by atoms with Crippen LogP contribution in [0.5, 0.6) is 0 Å². The summed E-state index contributed by atoms with van der Waals surface area (Å²) in [6.07, 6.45) is 2.77. The molecule has 2 N–H and O–H groups in total. The third kappa shape index (κ3) is 3.53. The van der Waals surface area contributed by atoms with Gasteiger partial charge in [-0.2, -0.15) is 0 Å². The SMILES string of the molecule is O=C(O)C1=CN=c2sc(=Cc3ccc(-c4ccc(Cl)c(C(=O)O)c4)o3)c(=O)n2C1. The number of benzene rings is 1. The zero-order chi connectivity index (χ0) is 20.7. The second-order valence-electron chi connectivity index (χ2n) is 6.07. The van der Waals surface area contributed by atoms with E-state index in [1.54, 1.807) is 18.2 Å². The first-order chi connectivity index (χ1) is 13.8. The molecule has 1 aliphatic rings. The lowest BCUT2D eigenvalue weighted by Crippen LogP contribution is -2.34. The molecule has 1 aliphatic heterocycles. The van der Waals surface area contributed by atoms with E-state index in [-0.39, 0.29) is 28.3 Å². The van der Waals surface area contributed by atoms with E-state index in [0.717, 1.165) is 11.3 Å². The summed E-state index contributed by atoms with van der Waals surface area (Å²) < 4.78 is 7.36. The third-order valence-corrected chi connectivity index (χ3v) is 5.55. The van der Waals surface area contributed by atoms with Gasteiger partial charge in [0.25, 0.3) is 5.56 Å². The van der Waals surface area contributed by atoms with E-state index in [0.29, 0.717) is 26.4 Å². The van der Waals surface area contributed by atoms with Gasteiger partial charge in [0, 0.05) is 17.8 Å². The number of nitrogens with zero attached hydrogens (tertiary/aromatic N) is 2. The molecule has 0 radical (unpaired) electrons. The first kappa shape index (κ1) is 18.9. The van der Waals surface area contributed by atoms with Crippen LogP contribution in [0, 0.1) is 0 Å². The summed E-state index contributed by atoms with van der Waals surface area (Å²) in [5.41, 5.74) is 0.150. The van der Waals surface area contributed by atoms with Crippen LogP contribution >= 0.6 is 22.9 Å². The Hall–Kier alpha value is -3.43. The minimum absolute atomic E-state index is 0.0289. The van der Waals surface area contributed by atoms with Gasteiger partial charge in [-0.05, 0) is 30.3 Å². The molecule has 3 heterocycles. The van der Waals surface area contributed by atoms with Crippen molar-refractivity contribution in [2.45, 2.75) is 6.54 Å². The largest absolute Gasteiger partial charge is 0.478 e. The Bertz CT molecular complexity index is 1380. The van der Waals surface area contributed by atoms with Crippen LogP contribution in [0.2, 0.25) is 5.02 Å². The summed E-state index contributed by atoms with van der Waals surface area (Å²) >= 11 is 7.00. The van der Waals surface area contributed by atoms with Gasteiger partial charge in [-0.1, -0.05) is 22.9 Å². The molecule has 29 heavy (non-hydrogen) atoms. The van der Waals surface area contributed by atoms with Crippen molar-refractivity contribution >= 4 is 41.0 Å². The van der Waals surface area contributed by atoms with Crippen molar-refractivity contribution in [1.82, 2.24) is 4.57 Å². The number of hydrogen-bond donors (Lipinski definition) is 2. The Morgan fingerprint density at radius 1 is 1.21 bits per heavy atom. The molecule has 10 heteroatoms. The molecule has 0 atom stereocenters. The standard InChI is InChI=1S/C19H11ClN2O6S/c20-13-3-1-9(5-12(13)18(26)27)14-4-2-11(28-14)6-15-16(23)22-8-10(17(24)25)7-21-19(22)29-15/h1-7H,8H2,(H,24,25)(H,26,27). The molecule has 0 spiro atoms. The van der Waals surface area contributed by atoms with Crippen molar-refractivity contribution in [3.8, 4) is 11.3 Å². The van der Waals surface area contributed by atoms with Crippen molar-refractivity contribution in [2.75, 3.05) is 0 Å². The molecule has 2 aromatic heterocycles. The van der Waals surface area contributed by atoms with E-state index >= 15 is 0 Å². The van der Waals surface area contributed by atoms with Gasteiger partial charge in [-0.15, -0.1) is 0 Å². The van der Waals surface area contributed by atoms with E-state index in [1.165, 1.54) is 29.0 Å². The van der Waals surface area contributed by atoms with Crippen molar-refractivity contribution in [3.63, 3.8) is 0 Å². The number of aromatic nitrogens is 1. The summed E-state index contributed by atoms with van der Waals surface area (Å²) in [6, 6.07) is 7.81. The van der Waals surface area contributed by atoms with Crippen LogP contribution in [0.4, 0.5) is 0 Å². The molecule has 0 saturated carbocycles. The van der Waals surface area contributed by atoms with Gasteiger partial charge >= 0.3 is 11.9 Å². The van der Waals surface area contributed by atoms with E-state index in [2.05, 4.69) is 4.99 Å². The molecule has 0 saturated heterocycles. The number of rotatable bonds is 4. The highest BCUT2D eigenvalue weighted by Gasteiger charge is 2.16. The third-order valence-electron chi connectivity index (χ3n) is 4.20. The van der Waals surface area contributed by atoms with E-state index in [9.17, 15) is 19.5 Å². The molecule has 146 valence electrons. The highest BCUT2D eigenvalue weighted by Crippen LogP contribution is 2.27. The molecule has 0 aliphatic carbocycles. The monoisotopic (exact) mass is 430 g/mol. The van der Waals surface area contributed by atoms with Crippen LogP contribution in [0.25, 0.3) is 17.4 Å². The number of hydrogen-bond acceptors (Lipinski definition) is 6. The van der Waals surface area contributed by atoms with Gasteiger partial charge in [0.2, 0.25) is 0 Å². The number of furan rings is 1. The Morgan fingerprint density at radius 3 is 2.72 bits per heavy atom. The molecule has 4 rings (SSSR count). The normalized spacial score (nSPS) is 13.6. The van der Waals surface area contributed by atoms with Crippen LogP contribution in [0.15, 0.2) is 56.3 Å². The summed E-state index contributed by atoms with van der Waals surface area (Å²) in [5, 5.41) is 18.4. The quantitative estimate of drug-likeness (QED) is 0.652. The average Bonchev–Trinajstić information content (AvgIpc) is 3.27. The lowest BCUT2D eigenvalue weighted by Gasteiger charge is -2.05. The van der Waals surface area contributed by atoms with Gasteiger partial charge in [0.15, 0.2) is 4.80 Å². The van der Waals surface area contributed by atoms with E-state index in [1.807, 2.05) is 0 Å². The second kappa shape index (κ2) is 7.19. The van der Waals surface area contributed by atoms with E-state index < -0.39 is 11.9 Å². The van der Waals surface area contributed by atoms with Gasteiger partial charge in [-0.25, -0.2) is 14.6 Å². The highest BCUT2D eigenvalue weighted by atomic mass is 35.5. The molecule has 0 bridgehead atoms. The summed E-state index contributed by atoms with van der Waals surface area (Å²) in [6.45, 7) is -0.0521.